The molecule has 19 heavy (non-hydrogen) atoms. The van der Waals surface area contributed by atoms with Crippen LogP contribution in [-0.4, -0.2) is 37.0 Å². The molecule has 0 bridgehead atoms. The van der Waals surface area contributed by atoms with Crippen LogP contribution in [0.25, 0.3) is 0 Å². The molecule has 0 heterocycles. The van der Waals surface area contributed by atoms with Gasteiger partial charge in [0.05, 0.1) is 6.07 Å². The van der Waals surface area contributed by atoms with Gasteiger partial charge in [0, 0.05) is 19.5 Å². The minimum Gasteiger partial charge on any atom is -0.345 e. The number of rotatable bonds is 3. The van der Waals surface area contributed by atoms with Gasteiger partial charge in [-0.1, -0.05) is 20.8 Å². The Morgan fingerprint density at radius 3 is 2.32 bits per heavy atom. The first kappa shape index (κ1) is 16.0. The highest BCUT2D eigenvalue weighted by Gasteiger charge is 2.37. The summed E-state index contributed by atoms with van der Waals surface area (Å²) in [5, 5.41) is 12.3. The van der Waals surface area contributed by atoms with Crippen molar-refractivity contribution >= 4 is 5.91 Å². The van der Waals surface area contributed by atoms with Gasteiger partial charge in [0.1, 0.15) is 5.54 Å². The van der Waals surface area contributed by atoms with Crippen molar-refractivity contribution in [3.05, 3.63) is 0 Å². The van der Waals surface area contributed by atoms with Gasteiger partial charge in [0.15, 0.2) is 0 Å². The van der Waals surface area contributed by atoms with Gasteiger partial charge in [-0.05, 0) is 38.1 Å². The Bertz CT molecular complexity index is 357. The first-order valence-corrected chi connectivity index (χ1v) is 7.08. The standard InChI is InChI=1S/C15H27N3O/c1-14(2,3)11-18(5)13(19)12-6-8-15(10-16,17-4)9-7-12/h12,17H,6-9,11H2,1-5H3. The van der Waals surface area contributed by atoms with E-state index in [-0.39, 0.29) is 17.2 Å². The first-order valence-electron chi connectivity index (χ1n) is 7.08. The summed E-state index contributed by atoms with van der Waals surface area (Å²) >= 11 is 0. The van der Waals surface area contributed by atoms with E-state index in [1.165, 1.54) is 0 Å². The van der Waals surface area contributed by atoms with Crippen LogP contribution in [-0.2, 0) is 4.79 Å². The van der Waals surface area contributed by atoms with Gasteiger partial charge >= 0.3 is 0 Å². The van der Waals surface area contributed by atoms with Crippen molar-refractivity contribution in [1.82, 2.24) is 10.2 Å². The average molecular weight is 265 g/mol. The van der Waals surface area contributed by atoms with Gasteiger partial charge in [-0.25, -0.2) is 0 Å². The van der Waals surface area contributed by atoms with Crippen LogP contribution in [0.5, 0.6) is 0 Å². The molecule has 0 unspecified atom stereocenters. The van der Waals surface area contributed by atoms with Crippen LogP contribution in [0, 0.1) is 22.7 Å². The number of carbonyl (C=O) groups excluding carboxylic acids is 1. The van der Waals surface area contributed by atoms with Crippen LogP contribution in [0.2, 0.25) is 0 Å². The Labute approximate surface area is 117 Å². The average Bonchev–Trinajstić information content (AvgIpc) is 2.36. The van der Waals surface area contributed by atoms with Crippen molar-refractivity contribution in [2.75, 3.05) is 20.6 Å². The summed E-state index contributed by atoms with van der Waals surface area (Å²) in [6.07, 6.45) is 3.14. The topological polar surface area (TPSA) is 56.1 Å². The van der Waals surface area contributed by atoms with E-state index in [1.54, 1.807) is 0 Å². The second-order valence-corrected chi connectivity index (χ2v) is 6.97. The number of carbonyl (C=O) groups is 1. The molecule has 1 amide bonds. The zero-order valence-corrected chi connectivity index (χ0v) is 12.9. The molecule has 1 N–H and O–H groups in total. The summed E-state index contributed by atoms with van der Waals surface area (Å²) in [5.41, 5.74) is -0.292. The van der Waals surface area contributed by atoms with Crippen LogP contribution in [0.15, 0.2) is 0 Å². The molecule has 0 saturated heterocycles. The molecule has 1 aliphatic rings. The van der Waals surface area contributed by atoms with E-state index < -0.39 is 5.54 Å². The minimum atomic E-state index is -0.417. The number of hydrogen-bond donors (Lipinski definition) is 1. The first-order chi connectivity index (χ1) is 8.73. The highest BCUT2D eigenvalue weighted by Crippen LogP contribution is 2.32. The minimum absolute atomic E-state index is 0.0853. The van der Waals surface area contributed by atoms with Crippen LogP contribution < -0.4 is 5.32 Å². The predicted octanol–water partition coefficient (Wildman–Crippen LogP) is 2.16. The van der Waals surface area contributed by atoms with Crippen LogP contribution in [0.1, 0.15) is 46.5 Å². The summed E-state index contributed by atoms with van der Waals surface area (Å²) in [6.45, 7) is 7.19. The molecular weight excluding hydrogens is 238 g/mol. The highest BCUT2D eigenvalue weighted by molar-refractivity contribution is 5.78. The van der Waals surface area contributed by atoms with Crippen molar-refractivity contribution in [2.45, 2.75) is 52.0 Å². The summed E-state index contributed by atoms with van der Waals surface area (Å²) in [5.74, 6) is 0.319. The van der Waals surface area contributed by atoms with Crippen molar-refractivity contribution in [3.63, 3.8) is 0 Å². The molecule has 0 aromatic carbocycles. The Morgan fingerprint density at radius 2 is 1.95 bits per heavy atom. The maximum absolute atomic E-state index is 12.4. The molecular formula is C15H27N3O. The van der Waals surface area contributed by atoms with Gasteiger partial charge in [0.25, 0.3) is 0 Å². The maximum atomic E-state index is 12.4. The number of hydrogen-bond acceptors (Lipinski definition) is 3. The fourth-order valence-corrected chi connectivity index (χ4v) is 2.88. The fraction of sp³-hybridized carbons (Fsp3) is 0.867. The molecule has 0 radical (unpaired) electrons. The number of amides is 1. The van der Waals surface area contributed by atoms with E-state index in [0.29, 0.717) is 0 Å². The summed E-state index contributed by atoms with van der Waals surface area (Å²) in [4.78, 5) is 14.2. The fourth-order valence-electron chi connectivity index (χ4n) is 2.88. The second kappa shape index (κ2) is 5.92. The monoisotopic (exact) mass is 265 g/mol. The lowest BCUT2D eigenvalue weighted by molar-refractivity contribution is -0.136. The number of nitrogens with one attached hydrogen (secondary N) is 1. The van der Waals surface area contributed by atoms with E-state index in [0.717, 1.165) is 32.2 Å². The van der Waals surface area contributed by atoms with E-state index in [1.807, 2.05) is 19.0 Å². The summed E-state index contributed by atoms with van der Waals surface area (Å²) < 4.78 is 0. The Kier molecular flexibility index (Phi) is 4.98. The van der Waals surface area contributed by atoms with E-state index in [4.69, 9.17) is 0 Å². The van der Waals surface area contributed by atoms with Crippen molar-refractivity contribution < 1.29 is 4.79 Å². The lowest BCUT2D eigenvalue weighted by atomic mass is 9.76. The third-order valence-corrected chi connectivity index (χ3v) is 3.97. The molecule has 1 rings (SSSR count). The van der Waals surface area contributed by atoms with Crippen LogP contribution in [0.4, 0.5) is 0 Å². The largest absolute Gasteiger partial charge is 0.345 e. The number of nitriles is 1. The molecule has 0 aliphatic heterocycles. The molecule has 0 atom stereocenters. The number of nitrogens with zero attached hydrogens (tertiary/aromatic N) is 2. The SMILES string of the molecule is CNC1(C#N)CCC(C(=O)N(C)CC(C)(C)C)CC1. The quantitative estimate of drug-likeness (QED) is 0.851. The van der Waals surface area contributed by atoms with Gasteiger partial charge in [-0.2, -0.15) is 5.26 Å². The van der Waals surface area contributed by atoms with Gasteiger partial charge in [-0.15, -0.1) is 0 Å². The molecule has 0 aromatic rings. The Balaban J connectivity index is 2.56. The molecule has 1 saturated carbocycles. The normalized spacial score (nSPS) is 27.7. The smallest absolute Gasteiger partial charge is 0.225 e. The maximum Gasteiger partial charge on any atom is 0.225 e. The molecule has 108 valence electrons. The zero-order valence-electron chi connectivity index (χ0n) is 12.9. The summed E-state index contributed by atoms with van der Waals surface area (Å²) in [6, 6.07) is 2.36. The van der Waals surface area contributed by atoms with Crippen molar-refractivity contribution in [3.8, 4) is 6.07 Å². The molecule has 4 nitrogen and oxygen atoms in total. The molecule has 1 fully saturated rings. The molecule has 4 heteroatoms. The molecule has 0 spiro atoms. The lowest BCUT2D eigenvalue weighted by Crippen LogP contribution is -2.47. The molecule has 0 aromatic heterocycles. The van der Waals surface area contributed by atoms with Crippen LogP contribution in [0.3, 0.4) is 0 Å². The zero-order chi connectivity index (χ0) is 14.7. The van der Waals surface area contributed by atoms with Crippen molar-refractivity contribution in [1.29, 1.82) is 5.26 Å². The van der Waals surface area contributed by atoms with E-state index >= 15 is 0 Å². The Morgan fingerprint density at radius 1 is 1.42 bits per heavy atom. The van der Waals surface area contributed by atoms with E-state index in [2.05, 4.69) is 32.2 Å². The summed E-state index contributed by atoms with van der Waals surface area (Å²) in [7, 11) is 3.72. The third kappa shape index (κ3) is 4.21. The van der Waals surface area contributed by atoms with Crippen LogP contribution >= 0.6 is 0 Å². The third-order valence-electron chi connectivity index (χ3n) is 3.97. The second-order valence-electron chi connectivity index (χ2n) is 6.97. The van der Waals surface area contributed by atoms with E-state index in [9.17, 15) is 10.1 Å². The highest BCUT2D eigenvalue weighted by atomic mass is 16.2. The van der Waals surface area contributed by atoms with Gasteiger partial charge in [0.2, 0.25) is 5.91 Å². The molecule has 1 aliphatic carbocycles. The van der Waals surface area contributed by atoms with Gasteiger partial charge < -0.3 is 10.2 Å². The van der Waals surface area contributed by atoms with Crippen molar-refractivity contribution in [2.24, 2.45) is 11.3 Å². The Hall–Kier alpha value is -1.08. The lowest BCUT2D eigenvalue weighted by Gasteiger charge is -2.36. The predicted molar refractivity (Wildman–Crippen MR) is 76.5 cm³/mol. The van der Waals surface area contributed by atoms with Gasteiger partial charge in [-0.3, -0.25) is 4.79 Å².